The third kappa shape index (κ3) is 5.36. The molecule has 0 unspecified atom stereocenters. The molecule has 1 saturated heterocycles. The third-order valence-electron chi connectivity index (χ3n) is 3.96. The van der Waals surface area contributed by atoms with Crippen molar-refractivity contribution in [1.82, 2.24) is 5.32 Å². The van der Waals surface area contributed by atoms with Crippen LogP contribution < -0.4 is 5.32 Å². The highest BCUT2D eigenvalue weighted by Gasteiger charge is 2.29. The van der Waals surface area contributed by atoms with Crippen molar-refractivity contribution in [3.63, 3.8) is 0 Å². The van der Waals surface area contributed by atoms with Gasteiger partial charge < -0.3 is 10.4 Å². The average molecular weight is 307 g/mol. The molecule has 1 aromatic rings. The van der Waals surface area contributed by atoms with Crippen LogP contribution >= 0.6 is 11.8 Å². The Hall–Kier alpha value is -1.00. The topological polar surface area (TPSA) is 49.3 Å². The van der Waals surface area contributed by atoms with E-state index in [4.69, 9.17) is 0 Å². The molecule has 1 fully saturated rings. The molecule has 4 heteroatoms. The van der Waals surface area contributed by atoms with Crippen molar-refractivity contribution < 1.29 is 9.90 Å². The standard InChI is InChI=1S/C17H25NO2S/c1-13-9-14(2)11-15(10-13)3-4-16(19)18-12-17(20)5-7-21-8-6-17/h9-11,20H,3-8,12H2,1-2H3,(H,18,19). The van der Waals surface area contributed by atoms with E-state index in [1.807, 2.05) is 11.8 Å². The lowest BCUT2D eigenvalue weighted by Crippen LogP contribution is -2.45. The Morgan fingerprint density at radius 3 is 2.48 bits per heavy atom. The number of carbonyl (C=O) groups is 1. The molecule has 0 bridgehead atoms. The summed E-state index contributed by atoms with van der Waals surface area (Å²) in [5.41, 5.74) is 2.98. The Morgan fingerprint density at radius 1 is 1.24 bits per heavy atom. The molecule has 0 aliphatic carbocycles. The highest BCUT2D eigenvalue weighted by molar-refractivity contribution is 7.99. The Morgan fingerprint density at radius 2 is 1.86 bits per heavy atom. The van der Waals surface area contributed by atoms with Crippen molar-refractivity contribution in [3.8, 4) is 0 Å². The molecule has 3 nitrogen and oxygen atoms in total. The van der Waals surface area contributed by atoms with Gasteiger partial charge in [-0.1, -0.05) is 29.3 Å². The third-order valence-corrected chi connectivity index (χ3v) is 4.95. The minimum Gasteiger partial charge on any atom is -0.388 e. The van der Waals surface area contributed by atoms with E-state index < -0.39 is 5.60 Å². The number of thioether (sulfide) groups is 1. The Kier molecular flexibility index (Phi) is 5.71. The summed E-state index contributed by atoms with van der Waals surface area (Å²) >= 11 is 1.87. The lowest BCUT2D eigenvalue weighted by molar-refractivity contribution is -0.122. The monoisotopic (exact) mass is 307 g/mol. The van der Waals surface area contributed by atoms with Crippen LogP contribution in [0.15, 0.2) is 18.2 Å². The first-order chi connectivity index (χ1) is 9.97. The summed E-state index contributed by atoms with van der Waals surface area (Å²) in [4.78, 5) is 11.9. The first-order valence-corrected chi connectivity index (χ1v) is 8.76. The van der Waals surface area contributed by atoms with Crippen molar-refractivity contribution >= 4 is 17.7 Å². The summed E-state index contributed by atoms with van der Waals surface area (Å²) in [5, 5.41) is 13.2. The lowest BCUT2D eigenvalue weighted by Gasteiger charge is -2.31. The van der Waals surface area contributed by atoms with Crippen LogP contribution in [0, 0.1) is 13.8 Å². The van der Waals surface area contributed by atoms with Gasteiger partial charge >= 0.3 is 0 Å². The summed E-state index contributed by atoms with van der Waals surface area (Å²) in [6.07, 6.45) is 2.78. The number of carbonyl (C=O) groups excluding carboxylic acids is 1. The van der Waals surface area contributed by atoms with Crippen LogP contribution in [0.4, 0.5) is 0 Å². The molecule has 2 N–H and O–H groups in total. The van der Waals surface area contributed by atoms with Crippen molar-refractivity contribution in [3.05, 3.63) is 34.9 Å². The normalized spacial score (nSPS) is 17.5. The van der Waals surface area contributed by atoms with Gasteiger partial charge in [0.1, 0.15) is 0 Å². The van der Waals surface area contributed by atoms with Crippen LogP contribution in [0.3, 0.4) is 0 Å². The summed E-state index contributed by atoms with van der Waals surface area (Å²) in [6, 6.07) is 6.40. The molecule has 1 aromatic carbocycles. The maximum Gasteiger partial charge on any atom is 0.220 e. The lowest BCUT2D eigenvalue weighted by atomic mass is 9.96. The molecule has 0 spiro atoms. The quantitative estimate of drug-likeness (QED) is 0.879. The first-order valence-electron chi connectivity index (χ1n) is 7.61. The van der Waals surface area contributed by atoms with E-state index in [-0.39, 0.29) is 5.91 Å². The average Bonchev–Trinajstić information content (AvgIpc) is 2.43. The second-order valence-corrected chi connectivity index (χ2v) is 7.33. The van der Waals surface area contributed by atoms with E-state index in [0.29, 0.717) is 13.0 Å². The fraction of sp³-hybridized carbons (Fsp3) is 0.588. The molecule has 1 amide bonds. The summed E-state index contributed by atoms with van der Waals surface area (Å²) in [6.45, 7) is 4.54. The predicted octanol–water partition coefficient (Wildman–Crippen LogP) is 2.61. The largest absolute Gasteiger partial charge is 0.388 e. The van der Waals surface area contributed by atoms with E-state index in [1.165, 1.54) is 16.7 Å². The molecular formula is C17H25NO2S. The molecule has 0 atom stereocenters. The SMILES string of the molecule is Cc1cc(C)cc(CCC(=O)NCC2(O)CCSCC2)c1. The van der Waals surface area contributed by atoms with Crippen molar-refractivity contribution in [2.24, 2.45) is 0 Å². The predicted molar refractivity (Wildman–Crippen MR) is 88.8 cm³/mol. The highest BCUT2D eigenvalue weighted by atomic mass is 32.2. The van der Waals surface area contributed by atoms with Gasteiger partial charge in [0.25, 0.3) is 0 Å². The molecule has 116 valence electrons. The fourth-order valence-corrected chi connectivity index (χ4v) is 4.00. The van der Waals surface area contributed by atoms with Crippen LogP contribution in [0.25, 0.3) is 0 Å². The maximum absolute atomic E-state index is 11.9. The van der Waals surface area contributed by atoms with Crippen LogP contribution in [0.1, 0.15) is 36.0 Å². The van der Waals surface area contributed by atoms with Gasteiger partial charge in [-0.3, -0.25) is 4.79 Å². The second kappa shape index (κ2) is 7.32. The van der Waals surface area contributed by atoms with Gasteiger partial charge in [-0.25, -0.2) is 0 Å². The number of nitrogens with one attached hydrogen (secondary N) is 1. The van der Waals surface area contributed by atoms with Crippen LogP contribution in [-0.4, -0.2) is 34.7 Å². The molecule has 1 heterocycles. The molecule has 0 radical (unpaired) electrons. The minimum atomic E-state index is -0.694. The van der Waals surface area contributed by atoms with Gasteiger partial charge in [-0.05, 0) is 50.2 Å². The zero-order valence-corrected chi connectivity index (χ0v) is 13.8. The van der Waals surface area contributed by atoms with Crippen molar-refractivity contribution in [2.45, 2.75) is 45.1 Å². The highest BCUT2D eigenvalue weighted by Crippen LogP contribution is 2.26. The number of rotatable bonds is 5. The molecule has 21 heavy (non-hydrogen) atoms. The number of hydrogen-bond acceptors (Lipinski definition) is 3. The van der Waals surface area contributed by atoms with Gasteiger partial charge in [0.05, 0.1) is 5.60 Å². The van der Waals surface area contributed by atoms with Crippen molar-refractivity contribution in [1.29, 1.82) is 0 Å². The number of amides is 1. The Bertz CT molecular complexity index is 475. The van der Waals surface area contributed by atoms with Gasteiger partial charge in [0.2, 0.25) is 5.91 Å². The molecule has 1 aliphatic heterocycles. The minimum absolute atomic E-state index is 0.0285. The number of aryl methyl sites for hydroxylation is 3. The zero-order valence-electron chi connectivity index (χ0n) is 12.9. The Labute approximate surface area is 131 Å². The summed E-state index contributed by atoms with van der Waals surface area (Å²) < 4.78 is 0. The van der Waals surface area contributed by atoms with Gasteiger partial charge in [0.15, 0.2) is 0 Å². The van der Waals surface area contributed by atoms with Gasteiger partial charge in [-0.2, -0.15) is 11.8 Å². The number of benzene rings is 1. The van der Waals surface area contributed by atoms with E-state index in [9.17, 15) is 9.90 Å². The smallest absolute Gasteiger partial charge is 0.220 e. The number of aliphatic hydroxyl groups is 1. The van der Waals surface area contributed by atoms with E-state index in [0.717, 1.165) is 30.8 Å². The Balaban J connectivity index is 1.76. The van der Waals surface area contributed by atoms with Gasteiger partial charge in [0, 0.05) is 13.0 Å². The van der Waals surface area contributed by atoms with Crippen LogP contribution in [-0.2, 0) is 11.2 Å². The van der Waals surface area contributed by atoms with E-state index in [2.05, 4.69) is 37.4 Å². The maximum atomic E-state index is 11.9. The zero-order chi connectivity index (χ0) is 15.3. The van der Waals surface area contributed by atoms with Gasteiger partial charge in [-0.15, -0.1) is 0 Å². The molecule has 1 aliphatic rings. The van der Waals surface area contributed by atoms with Crippen LogP contribution in [0.5, 0.6) is 0 Å². The second-order valence-electron chi connectivity index (χ2n) is 6.11. The first kappa shape index (κ1) is 16.4. The number of hydrogen-bond donors (Lipinski definition) is 2. The molecular weight excluding hydrogens is 282 g/mol. The molecule has 0 saturated carbocycles. The fourth-order valence-electron chi connectivity index (χ4n) is 2.75. The van der Waals surface area contributed by atoms with E-state index in [1.54, 1.807) is 0 Å². The van der Waals surface area contributed by atoms with E-state index >= 15 is 0 Å². The molecule has 0 aromatic heterocycles. The van der Waals surface area contributed by atoms with Crippen LogP contribution in [0.2, 0.25) is 0 Å². The van der Waals surface area contributed by atoms with Crippen molar-refractivity contribution in [2.75, 3.05) is 18.1 Å². The summed E-state index contributed by atoms with van der Waals surface area (Å²) in [7, 11) is 0. The summed E-state index contributed by atoms with van der Waals surface area (Å²) in [5.74, 6) is 1.99. The molecule has 2 rings (SSSR count).